The van der Waals surface area contributed by atoms with E-state index in [1.165, 1.54) is 19.1 Å². The van der Waals surface area contributed by atoms with Gasteiger partial charge in [-0.2, -0.15) is 0 Å². The monoisotopic (exact) mass is 173 g/mol. The van der Waals surface area contributed by atoms with Crippen LogP contribution in [0.2, 0.25) is 0 Å². The van der Waals surface area contributed by atoms with Gasteiger partial charge in [-0.15, -0.1) is 0 Å². The minimum Gasteiger partial charge on any atom is -0.467 e. The molecule has 2 atom stereocenters. The molecule has 0 N–H and O–H groups in total. The summed E-state index contributed by atoms with van der Waals surface area (Å²) in [5.74, 6) is -0.395. The first-order valence-corrected chi connectivity index (χ1v) is 3.57. The Morgan fingerprint density at radius 1 is 1.25 bits per heavy atom. The van der Waals surface area contributed by atoms with Crippen molar-refractivity contribution in [1.82, 2.24) is 4.90 Å². The first-order chi connectivity index (χ1) is 5.63. The Morgan fingerprint density at radius 3 is 2.25 bits per heavy atom. The Hall–Kier alpha value is -1.26. The molecule has 1 rings (SSSR count). The molecule has 2 unspecified atom stereocenters. The highest BCUT2D eigenvalue weighted by Crippen LogP contribution is 2.29. The molecular formula is C7H11NO4. The second-order valence-electron chi connectivity index (χ2n) is 2.59. The lowest BCUT2D eigenvalue weighted by molar-refractivity contribution is -0.140. The van der Waals surface area contributed by atoms with E-state index in [0.29, 0.717) is 0 Å². The molecule has 0 spiro atoms. The van der Waals surface area contributed by atoms with E-state index in [0.717, 1.165) is 0 Å². The number of amides is 1. The summed E-state index contributed by atoms with van der Waals surface area (Å²) in [4.78, 5) is 23.2. The Kier molecular flexibility index (Phi) is 2.21. The quantitative estimate of drug-likeness (QED) is 0.413. The van der Waals surface area contributed by atoms with E-state index in [2.05, 4.69) is 9.47 Å². The summed E-state index contributed by atoms with van der Waals surface area (Å²) >= 11 is 0. The first kappa shape index (κ1) is 8.83. The highest BCUT2D eigenvalue weighted by Gasteiger charge is 2.54. The molecule has 1 aliphatic rings. The predicted octanol–water partition coefficient (Wildman–Crippen LogP) is -0.00150. The zero-order chi connectivity index (χ0) is 9.30. The smallest absolute Gasteiger partial charge is 0.410 e. The van der Waals surface area contributed by atoms with Gasteiger partial charge in [-0.1, -0.05) is 0 Å². The van der Waals surface area contributed by atoms with E-state index >= 15 is 0 Å². The van der Waals surface area contributed by atoms with Crippen molar-refractivity contribution in [2.45, 2.75) is 19.0 Å². The van der Waals surface area contributed by atoms with Crippen molar-refractivity contribution in [3.63, 3.8) is 0 Å². The second kappa shape index (κ2) is 3.00. The summed E-state index contributed by atoms with van der Waals surface area (Å²) < 4.78 is 8.93. The zero-order valence-electron chi connectivity index (χ0n) is 7.23. The standard InChI is InChI=1S/C7H11NO4/c1-4-5(6(9)11-2)8(4)7(10)12-3/h4-5H,1-3H3. The van der Waals surface area contributed by atoms with Crippen molar-refractivity contribution in [3.8, 4) is 0 Å². The maximum absolute atomic E-state index is 10.9. The Balaban J connectivity index is 2.53. The highest BCUT2D eigenvalue weighted by atomic mass is 16.6. The van der Waals surface area contributed by atoms with Crippen LogP contribution in [0.25, 0.3) is 0 Å². The molecule has 1 heterocycles. The van der Waals surface area contributed by atoms with Crippen LogP contribution in [-0.2, 0) is 14.3 Å². The fraction of sp³-hybridized carbons (Fsp3) is 0.714. The lowest BCUT2D eigenvalue weighted by Crippen LogP contribution is -2.19. The molecule has 0 radical (unpaired) electrons. The second-order valence-corrected chi connectivity index (χ2v) is 2.59. The molecule has 12 heavy (non-hydrogen) atoms. The number of hydrogen-bond donors (Lipinski definition) is 0. The van der Waals surface area contributed by atoms with Gasteiger partial charge < -0.3 is 9.47 Å². The minimum atomic E-state index is -0.488. The minimum absolute atomic E-state index is 0.107. The zero-order valence-corrected chi connectivity index (χ0v) is 7.23. The summed E-state index contributed by atoms with van der Waals surface area (Å²) in [7, 11) is 2.57. The SMILES string of the molecule is COC(=O)C1C(C)N1C(=O)OC. The number of rotatable bonds is 1. The van der Waals surface area contributed by atoms with E-state index in [-0.39, 0.29) is 6.04 Å². The Labute approximate surface area is 70.2 Å². The lowest BCUT2D eigenvalue weighted by atomic mass is 10.3. The lowest BCUT2D eigenvalue weighted by Gasteiger charge is -1.99. The molecule has 0 saturated carbocycles. The number of carbonyl (C=O) groups is 2. The first-order valence-electron chi connectivity index (χ1n) is 3.57. The van der Waals surface area contributed by atoms with Crippen LogP contribution in [-0.4, -0.2) is 43.3 Å². The summed E-state index contributed by atoms with van der Waals surface area (Å²) in [6.07, 6.45) is -0.488. The van der Waals surface area contributed by atoms with Crippen molar-refractivity contribution in [2.75, 3.05) is 14.2 Å². The molecule has 0 bridgehead atoms. The van der Waals surface area contributed by atoms with E-state index in [4.69, 9.17) is 0 Å². The number of hydrogen-bond acceptors (Lipinski definition) is 4. The van der Waals surface area contributed by atoms with Crippen LogP contribution in [0.5, 0.6) is 0 Å². The number of esters is 1. The van der Waals surface area contributed by atoms with Gasteiger partial charge in [0, 0.05) is 0 Å². The number of nitrogens with zero attached hydrogens (tertiary/aromatic N) is 1. The average Bonchev–Trinajstić information content (AvgIpc) is 2.74. The molecule has 0 aromatic carbocycles. The molecule has 5 heteroatoms. The maximum atomic E-state index is 10.9. The number of carbonyl (C=O) groups excluding carboxylic acids is 2. The van der Waals surface area contributed by atoms with E-state index in [1.54, 1.807) is 6.92 Å². The molecular weight excluding hydrogens is 162 g/mol. The van der Waals surface area contributed by atoms with Crippen LogP contribution in [0.15, 0.2) is 0 Å². The average molecular weight is 173 g/mol. The van der Waals surface area contributed by atoms with Crippen LogP contribution in [0, 0.1) is 0 Å². The van der Waals surface area contributed by atoms with Crippen molar-refractivity contribution < 1.29 is 19.1 Å². The van der Waals surface area contributed by atoms with E-state index < -0.39 is 18.1 Å². The molecule has 68 valence electrons. The third-order valence-electron chi connectivity index (χ3n) is 1.93. The molecule has 1 saturated heterocycles. The van der Waals surface area contributed by atoms with Crippen molar-refractivity contribution in [3.05, 3.63) is 0 Å². The predicted molar refractivity (Wildman–Crippen MR) is 39.5 cm³/mol. The Morgan fingerprint density at radius 2 is 1.83 bits per heavy atom. The van der Waals surface area contributed by atoms with Crippen molar-refractivity contribution in [1.29, 1.82) is 0 Å². The molecule has 0 aromatic rings. The normalized spacial score (nSPS) is 26.4. The fourth-order valence-corrected chi connectivity index (χ4v) is 1.17. The molecule has 1 fully saturated rings. The fourth-order valence-electron chi connectivity index (χ4n) is 1.17. The van der Waals surface area contributed by atoms with Crippen molar-refractivity contribution >= 4 is 12.1 Å². The summed E-state index contributed by atoms with van der Waals surface area (Å²) in [5, 5.41) is 0. The molecule has 5 nitrogen and oxygen atoms in total. The van der Waals surface area contributed by atoms with Crippen LogP contribution in [0.4, 0.5) is 4.79 Å². The largest absolute Gasteiger partial charge is 0.467 e. The van der Waals surface area contributed by atoms with Crippen LogP contribution < -0.4 is 0 Å². The van der Waals surface area contributed by atoms with E-state index in [9.17, 15) is 9.59 Å². The molecule has 1 aliphatic heterocycles. The van der Waals surface area contributed by atoms with Crippen molar-refractivity contribution in [2.24, 2.45) is 0 Å². The molecule has 0 aliphatic carbocycles. The van der Waals surface area contributed by atoms with Gasteiger partial charge in [0.05, 0.1) is 20.3 Å². The van der Waals surface area contributed by atoms with Gasteiger partial charge in [-0.05, 0) is 6.92 Å². The topological polar surface area (TPSA) is 55.6 Å². The number of methoxy groups -OCH3 is 2. The van der Waals surface area contributed by atoms with Gasteiger partial charge in [0.15, 0.2) is 6.04 Å². The highest BCUT2D eigenvalue weighted by molar-refractivity contribution is 5.87. The molecule has 0 aromatic heterocycles. The summed E-state index contributed by atoms with van der Waals surface area (Å²) in [6, 6.07) is -0.563. The van der Waals surface area contributed by atoms with Gasteiger partial charge in [0.1, 0.15) is 0 Å². The van der Waals surface area contributed by atoms with Gasteiger partial charge in [-0.3, -0.25) is 4.90 Å². The van der Waals surface area contributed by atoms with Gasteiger partial charge >= 0.3 is 12.1 Å². The third-order valence-corrected chi connectivity index (χ3v) is 1.93. The molecule has 1 amide bonds. The van der Waals surface area contributed by atoms with Gasteiger partial charge in [0.2, 0.25) is 0 Å². The van der Waals surface area contributed by atoms with E-state index in [1.807, 2.05) is 0 Å². The van der Waals surface area contributed by atoms with Gasteiger partial charge in [-0.25, -0.2) is 9.59 Å². The Bertz CT molecular complexity index is 193. The summed E-state index contributed by atoms with van der Waals surface area (Å²) in [6.45, 7) is 1.76. The number of ether oxygens (including phenoxy) is 2. The van der Waals surface area contributed by atoms with Crippen LogP contribution in [0.3, 0.4) is 0 Å². The van der Waals surface area contributed by atoms with Gasteiger partial charge in [0.25, 0.3) is 0 Å². The van der Waals surface area contributed by atoms with Crippen LogP contribution in [0.1, 0.15) is 6.92 Å². The van der Waals surface area contributed by atoms with Crippen LogP contribution >= 0.6 is 0 Å². The summed E-state index contributed by atoms with van der Waals surface area (Å²) in [5.41, 5.74) is 0. The maximum Gasteiger partial charge on any atom is 0.410 e. The third kappa shape index (κ3) is 1.22.